The number of para-hydroxylation sites is 1. The lowest BCUT2D eigenvalue weighted by Crippen LogP contribution is -2.15. The van der Waals surface area contributed by atoms with Gasteiger partial charge in [0.05, 0.1) is 16.7 Å². The monoisotopic (exact) mass is 371 g/mol. The summed E-state index contributed by atoms with van der Waals surface area (Å²) in [7, 11) is -3.72. The van der Waals surface area contributed by atoms with Gasteiger partial charge in [-0.05, 0) is 31.5 Å². The van der Waals surface area contributed by atoms with Gasteiger partial charge in [-0.2, -0.15) is 0 Å². The second-order valence-electron chi connectivity index (χ2n) is 6.05. The number of anilines is 1. The molecule has 4 nitrogen and oxygen atoms in total. The Kier molecular flexibility index (Phi) is 7.18. The molecule has 2 N–H and O–H groups in total. The fourth-order valence-electron chi connectivity index (χ4n) is 2.38. The summed E-state index contributed by atoms with van der Waals surface area (Å²) in [5, 5.41) is 10.4. The first kappa shape index (κ1) is 19.9. The van der Waals surface area contributed by atoms with Gasteiger partial charge in [0.2, 0.25) is 0 Å². The van der Waals surface area contributed by atoms with Crippen LogP contribution in [0.3, 0.4) is 0 Å². The van der Waals surface area contributed by atoms with Gasteiger partial charge in [-0.15, -0.1) is 0 Å². The number of aliphatic hydroxyl groups excluding tert-OH is 1. The Hall–Kier alpha value is -2.37. The summed E-state index contributed by atoms with van der Waals surface area (Å²) in [5.41, 5.74) is 1.85. The fraction of sp³-hybridized carbons (Fsp3) is 0.238. The molecule has 2 aromatic rings. The predicted octanol–water partition coefficient (Wildman–Crippen LogP) is 4.74. The molecular formula is C21H25NO3S. The maximum Gasteiger partial charge on any atom is 0.261 e. The summed E-state index contributed by atoms with van der Waals surface area (Å²) in [6, 6.07) is 13.5. The molecule has 2 rings (SSSR count). The van der Waals surface area contributed by atoms with Crippen molar-refractivity contribution < 1.29 is 13.5 Å². The highest BCUT2D eigenvalue weighted by Crippen LogP contribution is 2.26. The van der Waals surface area contributed by atoms with Crippen LogP contribution in [0.25, 0.3) is 0 Å². The van der Waals surface area contributed by atoms with E-state index in [1.165, 1.54) is 0 Å². The highest BCUT2D eigenvalue weighted by Gasteiger charge is 2.17. The van der Waals surface area contributed by atoms with Crippen molar-refractivity contribution in [2.24, 2.45) is 0 Å². The number of hydrogen-bond donors (Lipinski definition) is 2. The summed E-state index contributed by atoms with van der Waals surface area (Å²) in [6.07, 6.45) is 8.44. The first-order chi connectivity index (χ1) is 12.4. The second kappa shape index (κ2) is 9.36. The van der Waals surface area contributed by atoms with Crippen LogP contribution >= 0.6 is 0 Å². The molecular weight excluding hydrogens is 346 g/mol. The van der Waals surface area contributed by atoms with Crippen molar-refractivity contribution in [3.8, 4) is 0 Å². The summed E-state index contributed by atoms with van der Waals surface area (Å²) >= 11 is 0. The molecule has 26 heavy (non-hydrogen) atoms. The van der Waals surface area contributed by atoms with E-state index < -0.39 is 16.1 Å². The van der Waals surface area contributed by atoms with E-state index in [9.17, 15) is 13.5 Å². The van der Waals surface area contributed by atoms with Crippen LogP contribution in [0.5, 0.6) is 0 Å². The predicted molar refractivity (Wildman–Crippen MR) is 107 cm³/mol. The molecule has 0 aliphatic carbocycles. The van der Waals surface area contributed by atoms with E-state index in [1.807, 2.05) is 19.1 Å². The number of hydrogen-bond acceptors (Lipinski definition) is 3. The fourth-order valence-corrected chi connectivity index (χ4v) is 3.47. The molecule has 1 unspecified atom stereocenters. The van der Waals surface area contributed by atoms with Crippen LogP contribution in [0.4, 0.5) is 5.69 Å². The number of allylic oxidation sites excluding steroid dienone is 3. The van der Waals surface area contributed by atoms with Gasteiger partial charge < -0.3 is 5.11 Å². The summed E-state index contributed by atoms with van der Waals surface area (Å²) < 4.78 is 27.8. The minimum atomic E-state index is -3.72. The molecule has 2 aromatic carbocycles. The van der Waals surface area contributed by atoms with Crippen molar-refractivity contribution in [3.05, 3.63) is 84.0 Å². The van der Waals surface area contributed by atoms with Crippen LogP contribution in [0.1, 0.15) is 37.0 Å². The van der Waals surface area contributed by atoms with Crippen LogP contribution in [-0.2, 0) is 10.0 Å². The average Bonchev–Trinajstić information content (AvgIpc) is 2.62. The van der Waals surface area contributed by atoms with Crippen molar-refractivity contribution in [1.82, 2.24) is 0 Å². The Balaban J connectivity index is 2.21. The van der Waals surface area contributed by atoms with Crippen molar-refractivity contribution in [2.75, 3.05) is 4.72 Å². The third-order valence-corrected chi connectivity index (χ3v) is 5.23. The van der Waals surface area contributed by atoms with Crippen LogP contribution in [0.2, 0.25) is 0 Å². The van der Waals surface area contributed by atoms with Gasteiger partial charge in [-0.25, -0.2) is 8.42 Å². The molecule has 0 saturated heterocycles. The number of rotatable bonds is 8. The minimum absolute atomic E-state index is 0.186. The maximum absolute atomic E-state index is 12.6. The third-order valence-electron chi connectivity index (χ3n) is 3.85. The molecule has 0 heterocycles. The Morgan fingerprint density at radius 1 is 1.08 bits per heavy atom. The van der Waals surface area contributed by atoms with Gasteiger partial charge >= 0.3 is 0 Å². The molecule has 0 saturated carbocycles. The highest BCUT2D eigenvalue weighted by molar-refractivity contribution is 7.92. The number of nitrogens with one attached hydrogen (secondary N) is 1. The zero-order valence-corrected chi connectivity index (χ0v) is 15.9. The Morgan fingerprint density at radius 3 is 2.46 bits per heavy atom. The molecule has 0 spiro atoms. The van der Waals surface area contributed by atoms with Gasteiger partial charge in [0, 0.05) is 5.56 Å². The van der Waals surface area contributed by atoms with Gasteiger partial charge in [0.1, 0.15) is 0 Å². The van der Waals surface area contributed by atoms with E-state index in [0.717, 1.165) is 18.4 Å². The van der Waals surface area contributed by atoms with Crippen LogP contribution in [-0.4, -0.2) is 13.5 Å². The lowest BCUT2D eigenvalue weighted by atomic mass is 10.1. The van der Waals surface area contributed by atoms with Crippen LogP contribution in [0.15, 0.2) is 77.7 Å². The zero-order valence-electron chi connectivity index (χ0n) is 15.1. The zero-order chi connectivity index (χ0) is 19.0. The van der Waals surface area contributed by atoms with Crippen molar-refractivity contribution in [1.29, 1.82) is 0 Å². The van der Waals surface area contributed by atoms with Crippen LogP contribution in [0, 0.1) is 6.92 Å². The normalized spacial score (nSPS) is 13.3. The number of unbranched alkanes of at least 4 members (excludes halogenated alkanes) is 1. The molecule has 0 aromatic heterocycles. The van der Waals surface area contributed by atoms with Crippen LogP contribution < -0.4 is 4.72 Å². The number of aliphatic hydroxyl groups is 1. The molecule has 1 atom stereocenters. The lowest BCUT2D eigenvalue weighted by Gasteiger charge is -2.15. The van der Waals surface area contributed by atoms with Gasteiger partial charge in [-0.3, -0.25) is 4.72 Å². The van der Waals surface area contributed by atoms with Gasteiger partial charge in [-0.1, -0.05) is 73.5 Å². The van der Waals surface area contributed by atoms with E-state index >= 15 is 0 Å². The quantitative estimate of drug-likeness (QED) is 0.659. The summed E-state index contributed by atoms with van der Waals surface area (Å²) in [5.74, 6) is 0. The lowest BCUT2D eigenvalue weighted by molar-refractivity contribution is 0.229. The molecule has 0 fully saturated rings. The standard InChI is InChI=1S/C21H25NO3S/c1-3-4-5-6-7-12-21(23)19-10-8-9-11-20(19)22-26(24,25)18-15-13-17(2)14-16-18/h5-16,21-23H,3-4H2,1-2H3/b6-5+,12-7+. The van der Waals surface area contributed by atoms with E-state index in [1.54, 1.807) is 60.7 Å². The largest absolute Gasteiger partial charge is 0.384 e. The SMILES string of the molecule is CCC/C=C/C=C/C(O)c1ccccc1NS(=O)(=O)c1ccc(C)cc1. The first-order valence-electron chi connectivity index (χ1n) is 8.64. The first-order valence-corrected chi connectivity index (χ1v) is 10.1. The molecule has 0 bridgehead atoms. The number of aryl methyl sites for hydroxylation is 1. The number of sulfonamides is 1. The third kappa shape index (κ3) is 5.58. The van der Waals surface area contributed by atoms with E-state index in [4.69, 9.17) is 0 Å². The molecule has 0 amide bonds. The Morgan fingerprint density at radius 2 is 1.77 bits per heavy atom. The molecule has 0 aliphatic heterocycles. The van der Waals surface area contributed by atoms with Gasteiger partial charge in [0.25, 0.3) is 10.0 Å². The molecule has 0 aliphatic rings. The van der Waals surface area contributed by atoms with E-state index in [2.05, 4.69) is 11.6 Å². The molecule has 138 valence electrons. The Bertz CT molecular complexity index is 868. The average molecular weight is 372 g/mol. The molecule has 0 radical (unpaired) electrons. The number of benzene rings is 2. The summed E-state index contributed by atoms with van der Waals surface area (Å²) in [4.78, 5) is 0.186. The van der Waals surface area contributed by atoms with Crippen molar-refractivity contribution >= 4 is 15.7 Å². The summed E-state index contributed by atoms with van der Waals surface area (Å²) in [6.45, 7) is 4.00. The van der Waals surface area contributed by atoms with Crippen molar-refractivity contribution in [2.45, 2.75) is 37.7 Å². The van der Waals surface area contributed by atoms with Gasteiger partial charge in [0.15, 0.2) is 0 Å². The highest BCUT2D eigenvalue weighted by atomic mass is 32.2. The second-order valence-corrected chi connectivity index (χ2v) is 7.73. The minimum Gasteiger partial charge on any atom is -0.384 e. The van der Waals surface area contributed by atoms with E-state index in [-0.39, 0.29) is 4.90 Å². The van der Waals surface area contributed by atoms with E-state index in [0.29, 0.717) is 11.3 Å². The Labute approximate surface area is 155 Å². The van der Waals surface area contributed by atoms with Crippen molar-refractivity contribution in [3.63, 3.8) is 0 Å². The topological polar surface area (TPSA) is 66.4 Å². The molecule has 5 heteroatoms. The smallest absolute Gasteiger partial charge is 0.261 e. The maximum atomic E-state index is 12.6.